The zero-order valence-corrected chi connectivity index (χ0v) is 11.0. The van der Waals surface area contributed by atoms with Crippen molar-refractivity contribution in [3.05, 3.63) is 35.9 Å². The van der Waals surface area contributed by atoms with Gasteiger partial charge in [-0.3, -0.25) is 14.5 Å². The second-order valence-corrected chi connectivity index (χ2v) is 5.31. The molecule has 2 amide bonds. The molecule has 0 bridgehead atoms. The number of hydrogen-bond donors (Lipinski definition) is 1. The number of fused-ring (bicyclic) bond motifs is 1. The molecule has 4 heteroatoms. The molecule has 0 radical (unpaired) electrons. The van der Waals surface area contributed by atoms with Gasteiger partial charge in [0.05, 0.1) is 18.0 Å². The highest BCUT2D eigenvalue weighted by molar-refractivity contribution is 6.07. The molecule has 3 atom stereocenters. The van der Waals surface area contributed by atoms with E-state index < -0.39 is 0 Å². The summed E-state index contributed by atoms with van der Waals surface area (Å²) in [6.45, 7) is 2.75. The zero-order valence-electron chi connectivity index (χ0n) is 11.0. The van der Waals surface area contributed by atoms with Crippen LogP contribution in [0, 0.1) is 5.92 Å². The van der Waals surface area contributed by atoms with Gasteiger partial charge >= 0.3 is 0 Å². The van der Waals surface area contributed by atoms with Crippen LogP contribution in [0.1, 0.15) is 31.4 Å². The summed E-state index contributed by atoms with van der Waals surface area (Å²) < 4.78 is 0. The topological polar surface area (TPSA) is 49.4 Å². The Morgan fingerprint density at radius 1 is 1.21 bits per heavy atom. The number of nitrogens with zero attached hydrogens (tertiary/aromatic N) is 1. The highest BCUT2D eigenvalue weighted by atomic mass is 16.2. The predicted octanol–water partition coefficient (Wildman–Crippen LogP) is 1.48. The summed E-state index contributed by atoms with van der Waals surface area (Å²) in [5, 5.41) is 3.19. The minimum atomic E-state index is -0.299. The Morgan fingerprint density at radius 3 is 2.63 bits per heavy atom. The maximum absolute atomic E-state index is 12.4. The average Bonchev–Trinajstić information content (AvgIpc) is 2.72. The summed E-state index contributed by atoms with van der Waals surface area (Å²) in [6, 6.07) is 9.23. The van der Waals surface area contributed by atoms with E-state index in [1.54, 1.807) is 0 Å². The van der Waals surface area contributed by atoms with E-state index in [1.807, 2.05) is 37.3 Å². The number of hydrogen-bond acceptors (Lipinski definition) is 3. The molecule has 0 saturated carbocycles. The molecule has 1 aromatic rings. The first-order valence-corrected chi connectivity index (χ1v) is 6.85. The van der Waals surface area contributed by atoms with Crippen LogP contribution in [0.5, 0.6) is 0 Å². The summed E-state index contributed by atoms with van der Waals surface area (Å²) in [5.41, 5.74) is 1.00. The molecule has 19 heavy (non-hydrogen) atoms. The Bertz CT molecular complexity index is 476. The number of carbonyl (C=O) groups is 2. The van der Waals surface area contributed by atoms with Gasteiger partial charge in [-0.15, -0.1) is 0 Å². The lowest BCUT2D eigenvalue weighted by Crippen LogP contribution is -2.44. The fourth-order valence-electron chi connectivity index (χ4n) is 3.11. The smallest absolute Gasteiger partial charge is 0.247 e. The standard InChI is InChI=1S/C15H18N2O2/c1-10(11-6-3-2-4-7-11)17-14(18)12-8-5-9-16-13(12)15(17)19/h2-4,6-7,10,12-13,16H,5,8-9H2,1H3/t10?,12-,13+/m1/s1. The van der Waals surface area contributed by atoms with Crippen LogP contribution in [-0.4, -0.2) is 29.3 Å². The number of amides is 2. The van der Waals surface area contributed by atoms with Crippen molar-refractivity contribution in [3.63, 3.8) is 0 Å². The molecule has 1 aromatic carbocycles. The summed E-state index contributed by atoms with van der Waals surface area (Å²) in [7, 11) is 0. The summed E-state index contributed by atoms with van der Waals surface area (Å²) in [4.78, 5) is 26.3. The van der Waals surface area contributed by atoms with Crippen molar-refractivity contribution >= 4 is 11.8 Å². The van der Waals surface area contributed by atoms with Crippen LogP contribution in [0.2, 0.25) is 0 Å². The molecule has 0 aromatic heterocycles. The van der Waals surface area contributed by atoms with E-state index in [-0.39, 0.29) is 29.8 Å². The highest BCUT2D eigenvalue weighted by Crippen LogP contribution is 2.33. The lowest BCUT2D eigenvalue weighted by molar-refractivity contribution is -0.142. The van der Waals surface area contributed by atoms with Gasteiger partial charge in [-0.05, 0) is 31.9 Å². The van der Waals surface area contributed by atoms with Crippen LogP contribution in [0.25, 0.3) is 0 Å². The van der Waals surface area contributed by atoms with Crippen LogP contribution in [0.4, 0.5) is 0 Å². The summed E-state index contributed by atoms with van der Waals surface area (Å²) in [6.07, 6.45) is 1.79. The molecular formula is C15H18N2O2. The molecule has 0 spiro atoms. The van der Waals surface area contributed by atoms with Crippen molar-refractivity contribution in [2.75, 3.05) is 6.54 Å². The van der Waals surface area contributed by atoms with E-state index in [0.717, 1.165) is 24.9 Å². The average molecular weight is 258 g/mol. The second kappa shape index (κ2) is 4.78. The largest absolute Gasteiger partial charge is 0.305 e. The number of imide groups is 1. The number of nitrogens with one attached hydrogen (secondary N) is 1. The first kappa shape index (κ1) is 12.4. The van der Waals surface area contributed by atoms with Crippen LogP contribution >= 0.6 is 0 Å². The van der Waals surface area contributed by atoms with Crippen LogP contribution in [-0.2, 0) is 9.59 Å². The normalized spacial score (nSPS) is 28.4. The van der Waals surface area contributed by atoms with E-state index in [9.17, 15) is 9.59 Å². The van der Waals surface area contributed by atoms with E-state index in [4.69, 9.17) is 0 Å². The minimum Gasteiger partial charge on any atom is -0.305 e. The first-order valence-electron chi connectivity index (χ1n) is 6.85. The molecule has 2 fully saturated rings. The van der Waals surface area contributed by atoms with E-state index >= 15 is 0 Å². The Labute approximate surface area is 112 Å². The number of carbonyl (C=O) groups excluding carboxylic acids is 2. The Balaban J connectivity index is 1.88. The predicted molar refractivity (Wildman–Crippen MR) is 71.2 cm³/mol. The molecule has 1 N–H and O–H groups in total. The monoisotopic (exact) mass is 258 g/mol. The van der Waals surface area contributed by atoms with Crippen LogP contribution in [0.15, 0.2) is 30.3 Å². The number of benzene rings is 1. The van der Waals surface area contributed by atoms with Gasteiger partial charge in [0.15, 0.2) is 0 Å². The fourth-order valence-corrected chi connectivity index (χ4v) is 3.11. The van der Waals surface area contributed by atoms with Gasteiger partial charge in [0.1, 0.15) is 0 Å². The Hall–Kier alpha value is -1.68. The molecule has 0 aliphatic carbocycles. The Kier molecular flexibility index (Phi) is 3.11. The third kappa shape index (κ3) is 1.96. The van der Waals surface area contributed by atoms with Crippen molar-refractivity contribution in [3.8, 4) is 0 Å². The van der Waals surface area contributed by atoms with Crippen molar-refractivity contribution in [1.29, 1.82) is 0 Å². The lowest BCUT2D eigenvalue weighted by atomic mass is 9.93. The maximum Gasteiger partial charge on any atom is 0.247 e. The van der Waals surface area contributed by atoms with Gasteiger partial charge < -0.3 is 5.32 Å². The van der Waals surface area contributed by atoms with Gasteiger partial charge in [-0.25, -0.2) is 0 Å². The van der Waals surface area contributed by atoms with Crippen molar-refractivity contribution in [2.45, 2.75) is 31.8 Å². The highest BCUT2D eigenvalue weighted by Gasteiger charge is 2.49. The third-order valence-corrected chi connectivity index (χ3v) is 4.19. The third-order valence-electron chi connectivity index (χ3n) is 4.19. The number of likely N-dealkylation sites (tertiary alicyclic amines) is 1. The van der Waals surface area contributed by atoms with Gasteiger partial charge in [0.25, 0.3) is 0 Å². The molecule has 2 saturated heterocycles. The maximum atomic E-state index is 12.4. The van der Waals surface area contributed by atoms with Gasteiger partial charge in [-0.2, -0.15) is 0 Å². The quantitative estimate of drug-likeness (QED) is 0.818. The molecule has 2 aliphatic heterocycles. The van der Waals surface area contributed by atoms with E-state index in [0.29, 0.717) is 0 Å². The Morgan fingerprint density at radius 2 is 1.95 bits per heavy atom. The van der Waals surface area contributed by atoms with E-state index in [1.165, 1.54) is 4.90 Å². The van der Waals surface area contributed by atoms with Gasteiger partial charge in [0.2, 0.25) is 11.8 Å². The van der Waals surface area contributed by atoms with Crippen LogP contribution in [0.3, 0.4) is 0 Å². The van der Waals surface area contributed by atoms with Crippen LogP contribution < -0.4 is 5.32 Å². The van der Waals surface area contributed by atoms with Gasteiger partial charge in [-0.1, -0.05) is 30.3 Å². The summed E-state index contributed by atoms with van der Waals surface area (Å²) >= 11 is 0. The molecule has 1 unspecified atom stereocenters. The van der Waals surface area contributed by atoms with Crippen molar-refractivity contribution in [2.24, 2.45) is 5.92 Å². The molecule has 4 nitrogen and oxygen atoms in total. The molecule has 2 heterocycles. The van der Waals surface area contributed by atoms with E-state index in [2.05, 4.69) is 5.32 Å². The summed E-state index contributed by atoms with van der Waals surface area (Å²) in [5.74, 6) is -0.239. The number of piperidine rings is 1. The molecule has 2 aliphatic rings. The molecule has 100 valence electrons. The van der Waals surface area contributed by atoms with Crippen molar-refractivity contribution < 1.29 is 9.59 Å². The lowest BCUT2D eigenvalue weighted by Gasteiger charge is -2.23. The minimum absolute atomic E-state index is 0.0152. The molecular weight excluding hydrogens is 240 g/mol. The number of rotatable bonds is 2. The van der Waals surface area contributed by atoms with Crippen molar-refractivity contribution in [1.82, 2.24) is 10.2 Å². The fraction of sp³-hybridized carbons (Fsp3) is 0.467. The van der Waals surface area contributed by atoms with Gasteiger partial charge in [0, 0.05) is 0 Å². The SMILES string of the molecule is CC(c1ccccc1)N1C(=O)[C@H]2NCCC[C@H]2C1=O. The second-order valence-electron chi connectivity index (χ2n) is 5.31. The zero-order chi connectivity index (χ0) is 13.4. The molecule has 3 rings (SSSR count). The first-order chi connectivity index (χ1) is 9.20.